The van der Waals surface area contributed by atoms with Crippen molar-refractivity contribution in [2.45, 2.75) is 119 Å². The van der Waals surface area contributed by atoms with Gasteiger partial charge in [-0.25, -0.2) is 29.9 Å². The van der Waals surface area contributed by atoms with Crippen LogP contribution in [0.2, 0.25) is 0 Å². The summed E-state index contributed by atoms with van der Waals surface area (Å²) in [6, 6.07) is 0. The molecular formula is C31H42N8O10P2S2+2. The van der Waals surface area contributed by atoms with Crippen molar-refractivity contribution in [3.63, 3.8) is 0 Å². The van der Waals surface area contributed by atoms with Gasteiger partial charge in [-0.2, -0.15) is 0 Å². The zero-order chi connectivity index (χ0) is 37.2. The molecular weight excluding hydrogens is 770 g/mol. The van der Waals surface area contributed by atoms with Crippen molar-refractivity contribution < 1.29 is 48.1 Å². The lowest BCUT2D eigenvalue weighted by atomic mass is 9.90. The minimum atomic E-state index is -2.37. The summed E-state index contributed by atoms with van der Waals surface area (Å²) >= 11 is 7.71. The number of imidazole rings is 2. The first-order chi connectivity index (χ1) is 25.7. The molecule has 22 heteroatoms. The van der Waals surface area contributed by atoms with E-state index < -0.39 is 76.8 Å². The third kappa shape index (κ3) is 8.02. The van der Waals surface area contributed by atoms with Crippen molar-refractivity contribution in [2.75, 3.05) is 13.2 Å². The van der Waals surface area contributed by atoms with E-state index in [1.165, 1.54) is 12.7 Å². The Balaban J connectivity index is 1.08. The van der Waals surface area contributed by atoms with Crippen LogP contribution in [0.4, 0.5) is 0 Å². The largest absolute Gasteiger partial charge is 0.582 e. The van der Waals surface area contributed by atoms with E-state index >= 15 is 0 Å². The topological polar surface area (TPSA) is 239 Å². The summed E-state index contributed by atoms with van der Waals surface area (Å²) in [4.78, 5) is 27.7. The Morgan fingerprint density at radius 3 is 1.43 bits per heavy atom. The smallest absolute Gasteiger partial charge is 0.394 e. The molecule has 6 heterocycles. The molecule has 2 saturated heterocycles. The lowest BCUT2D eigenvalue weighted by Gasteiger charge is -2.19. The van der Waals surface area contributed by atoms with Gasteiger partial charge in [0.2, 0.25) is 0 Å². The molecule has 3 fully saturated rings. The van der Waals surface area contributed by atoms with Gasteiger partial charge < -0.3 is 29.9 Å². The Morgan fingerprint density at radius 2 is 1.06 bits per heavy atom. The number of ether oxygens (including phenoxy) is 2. The highest BCUT2D eigenvalue weighted by atomic mass is 32.7. The van der Waals surface area contributed by atoms with Crippen LogP contribution in [0.5, 0.6) is 0 Å². The van der Waals surface area contributed by atoms with Gasteiger partial charge in [0.05, 0.1) is 37.3 Å². The monoisotopic (exact) mass is 812 g/mol. The second-order valence-corrected chi connectivity index (χ2v) is 16.9. The van der Waals surface area contributed by atoms with Crippen molar-refractivity contribution in [1.29, 1.82) is 0 Å². The van der Waals surface area contributed by atoms with Crippen LogP contribution in [0.15, 0.2) is 25.3 Å². The predicted molar refractivity (Wildman–Crippen MR) is 195 cm³/mol. The van der Waals surface area contributed by atoms with Crippen LogP contribution in [-0.2, 0) is 27.7 Å². The van der Waals surface area contributed by atoms with Crippen LogP contribution in [0.1, 0.15) is 93.5 Å². The predicted octanol–water partition coefficient (Wildman–Crippen LogP) is 3.80. The van der Waals surface area contributed by atoms with Gasteiger partial charge in [0.1, 0.15) is 72.6 Å². The minimum Gasteiger partial charge on any atom is -0.394 e. The summed E-state index contributed by atoms with van der Waals surface area (Å²) < 4.78 is 49.6. The molecule has 286 valence electrons. The van der Waals surface area contributed by atoms with E-state index in [4.69, 9.17) is 28.5 Å². The molecule has 4 aromatic rings. The van der Waals surface area contributed by atoms with Gasteiger partial charge in [-0.1, -0.05) is 32.1 Å². The molecule has 53 heavy (non-hydrogen) atoms. The maximum absolute atomic E-state index is 11.9. The number of aromatic nitrogens is 8. The second kappa shape index (κ2) is 17.2. The number of hydrogen-bond acceptors (Lipinski definition) is 16. The number of rotatable bonds is 10. The van der Waals surface area contributed by atoms with Crippen LogP contribution >= 0.6 is 39.0 Å². The minimum absolute atomic E-state index is 0.119. The molecule has 2 aliphatic heterocycles. The molecule has 1 aliphatic carbocycles. The van der Waals surface area contributed by atoms with Gasteiger partial charge in [0.15, 0.2) is 36.0 Å². The van der Waals surface area contributed by atoms with Crippen molar-refractivity contribution in [2.24, 2.45) is 0 Å². The van der Waals surface area contributed by atoms with E-state index in [9.17, 15) is 29.6 Å². The maximum atomic E-state index is 11.9. The summed E-state index contributed by atoms with van der Waals surface area (Å²) in [6.45, 7) is -0.906. The summed E-state index contributed by atoms with van der Waals surface area (Å²) in [7, 11) is -4.73. The Labute approximate surface area is 316 Å². The molecule has 18 nitrogen and oxygen atoms in total. The highest BCUT2D eigenvalue weighted by Crippen LogP contribution is 2.43. The van der Waals surface area contributed by atoms with Gasteiger partial charge in [-0.3, -0.25) is 9.13 Å². The van der Waals surface area contributed by atoms with Gasteiger partial charge in [-0.15, -0.1) is 9.05 Å². The van der Waals surface area contributed by atoms with Gasteiger partial charge in [0, 0.05) is 11.8 Å². The molecule has 0 spiro atoms. The van der Waals surface area contributed by atoms with E-state index in [-0.39, 0.29) is 11.8 Å². The maximum Gasteiger partial charge on any atom is 0.582 e. The summed E-state index contributed by atoms with van der Waals surface area (Å²) in [6.07, 6.45) is 6.09. The summed E-state index contributed by atoms with van der Waals surface area (Å²) in [5, 5.41) is 40.9. The third-order valence-electron chi connectivity index (χ3n) is 10.5. The normalized spacial score (nSPS) is 32.3. The zero-order valence-corrected chi connectivity index (χ0v) is 32.0. The first kappa shape index (κ1) is 38.9. The molecule has 4 N–H and O–H groups in total. The number of hydrogen-bond donors (Lipinski definition) is 6. The average Bonchev–Trinajstić information content (AvgIpc) is 3.91. The fraction of sp³-hybridized carbons (Fsp3) is 0.677. The van der Waals surface area contributed by atoms with Crippen molar-refractivity contribution in [3.8, 4) is 0 Å². The third-order valence-corrected chi connectivity index (χ3v) is 11.9. The fourth-order valence-electron chi connectivity index (χ4n) is 7.91. The molecule has 3 aliphatic rings. The number of aliphatic hydroxyl groups is 4. The van der Waals surface area contributed by atoms with E-state index in [1.54, 1.807) is 21.8 Å². The standard InChI is InChI=1S/C31H40N8O10P2S2/c40-10-18-24(42)26(48-50(44)52)30(46-18)38-14-36-22-20(32-12-34-28(22)38)16-6-2-1-3-7-17(9-5-4-8-16)21-23-29(35-13-33-21)39(15-37-23)31-27(49-51(45)53)25(43)19(11-41)47-31/h12-19,24-27,30-31,40-43H,1-11H2/p+2/t16?,17?,18-,19?,24-,25-,26-,27-,30?,31-/m1/s1. The molecule has 0 amide bonds. The molecule has 4 aromatic heterocycles. The van der Waals surface area contributed by atoms with Gasteiger partial charge >= 0.3 is 14.5 Å². The number of nitrogens with zero attached hydrogens (tertiary/aromatic N) is 8. The molecule has 1 saturated carbocycles. The number of aliphatic hydroxyl groups excluding tert-OH is 4. The molecule has 0 aromatic carbocycles. The number of thiol groups is 2. The lowest BCUT2D eigenvalue weighted by molar-refractivity contribution is -0.0481. The van der Waals surface area contributed by atoms with E-state index in [2.05, 4.69) is 44.4 Å². The Hall–Kier alpha value is -2.32. The van der Waals surface area contributed by atoms with Gasteiger partial charge in [0.25, 0.3) is 0 Å². The molecule has 12 atom stereocenters. The highest BCUT2D eigenvalue weighted by molar-refractivity contribution is 8.39. The summed E-state index contributed by atoms with van der Waals surface area (Å²) in [5.41, 5.74) is 3.85. The summed E-state index contributed by atoms with van der Waals surface area (Å²) in [5.74, 6) is 0.237. The van der Waals surface area contributed by atoms with Gasteiger partial charge in [-0.05, 0) is 34.8 Å². The van der Waals surface area contributed by atoms with Crippen molar-refractivity contribution in [3.05, 3.63) is 36.7 Å². The van der Waals surface area contributed by atoms with E-state index in [0.29, 0.717) is 22.3 Å². The molecule has 7 rings (SSSR count). The zero-order valence-electron chi connectivity index (χ0n) is 28.5. The Kier molecular flexibility index (Phi) is 12.7. The Bertz CT molecular complexity index is 1790. The first-order valence-corrected chi connectivity index (χ1v) is 22.3. The second-order valence-electron chi connectivity index (χ2n) is 13.6. The van der Waals surface area contributed by atoms with Crippen LogP contribution in [0.3, 0.4) is 0 Å². The molecule has 6 unspecified atom stereocenters. The molecule has 0 radical (unpaired) electrons. The van der Waals surface area contributed by atoms with Crippen LogP contribution in [0, 0.1) is 0 Å². The van der Waals surface area contributed by atoms with Crippen molar-refractivity contribution in [1.82, 2.24) is 39.0 Å². The first-order valence-electron chi connectivity index (χ1n) is 17.6. The Morgan fingerprint density at radius 1 is 0.660 bits per heavy atom. The van der Waals surface area contributed by atoms with E-state index in [1.807, 2.05) is 0 Å². The SMILES string of the molecule is O=[P+](S)O[C@@H]1[C@H](O)C(CO)O[C@H]1n1cnc2c(C3CCCCCC(c4ncnc5c4ncn5C4O[C@H](CO)[C@@H](O)[C@H]4O[P+](=O)S)CCCC3)ncnc21. The highest BCUT2D eigenvalue weighted by Gasteiger charge is 2.51. The van der Waals surface area contributed by atoms with Crippen LogP contribution in [0.25, 0.3) is 22.3 Å². The van der Waals surface area contributed by atoms with Crippen LogP contribution in [-0.4, -0.2) is 109 Å². The average molecular weight is 813 g/mol. The molecule has 0 bridgehead atoms. The fourth-order valence-corrected chi connectivity index (χ4v) is 9.43. The number of fused-ring (bicyclic) bond motifs is 2. The van der Waals surface area contributed by atoms with E-state index in [0.717, 1.165) is 69.2 Å². The lowest BCUT2D eigenvalue weighted by Crippen LogP contribution is -2.34. The van der Waals surface area contributed by atoms with Crippen molar-refractivity contribution >= 4 is 61.3 Å². The van der Waals surface area contributed by atoms with Crippen LogP contribution < -0.4 is 0 Å². The quantitative estimate of drug-likeness (QED) is 0.0986.